The highest BCUT2D eigenvalue weighted by atomic mass is 35.5. The second-order valence-corrected chi connectivity index (χ2v) is 12.0. The Morgan fingerprint density at radius 3 is 2.35 bits per heavy atom. The number of likely N-dealkylation sites (tertiary alicyclic amines) is 1. The van der Waals surface area contributed by atoms with E-state index in [0.29, 0.717) is 29.4 Å². The molecule has 0 saturated carbocycles. The predicted octanol–water partition coefficient (Wildman–Crippen LogP) is 3.89. The molecule has 1 saturated heterocycles. The fraction of sp³-hybridized carbons (Fsp3) is 0.310. The Morgan fingerprint density at radius 2 is 1.68 bits per heavy atom. The monoisotopic (exact) mass is 582 g/mol. The molecule has 1 aliphatic rings. The molecule has 0 radical (unpaired) electrons. The highest BCUT2D eigenvalue weighted by Crippen LogP contribution is 2.28. The SMILES string of the molecule is COc1ccc(S(=O)(=O)n2c(=O)n(C(C(=O)NCCN3CCCCC3)c3ccccc3)c3cc(Cl)ccc32)cc1. The number of halogens is 1. The summed E-state index contributed by atoms with van der Waals surface area (Å²) in [5.41, 5.74) is 0.0240. The van der Waals surface area contributed by atoms with E-state index in [1.165, 1.54) is 60.6 Å². The van der Waals surface area contributed by atoms with Crippen molar-refractivity contribution in [3.8, 4) is 5.75 Å². The number of amides is 1. The molecular weight excluding hydrogens is 552 g/mol. The Labute approximate surface area is 238 Å². The lowest BCUT2D eigenvalue weighted by Crippen LogP contribution is -2.42. The second kappa shape index (κ2) is 11.9. The minimum absolute atomic E-state index is 0.0911. The summed E-state index contributed by atoms with van der Waals surface area (Å²) in [4.78, 5) is 30.1. The molecular formula is C29H31ClN4O5S. The van der Waals surface area contributed by atoms with E-state index in [0.717, 1.165) is 29.9 Å². The zero-order chi connectivity index (χ0) is 28.3. The molecule has 11 heteroatoms. The molecule has 1 aliphatic heterocycles. The number of nitrogens with one attached hydrogen (secondary N) is 1. The summed E-state index contributed by atoms with van der Waals surface area (Å²) in [6.07, 6.45) is 3.49. The molecule has 1 fully saturated rings. The van der Waals surface area contributed by atoms with Crippen molar-refractivity contribution in [2.45, 2.75) is 30.2 Å². The van der Waals surface area contributed by atoms with Crippen LogP contribution in [0.15, 0.2) is 82.5 Å². The van der Waals surface area contributed by atoms with Crippen molar-refractivity contribution in [3.05, 3.63) is 93.9 Å². The van der Waals surface area contributed by atoms with Crippen LogP contribution in [0.1, 0.15) is 30.9 Å². The zero-order valence-corrected chi connectivity index (χ0v) is 23.7. The highest BCUT2D eigenvalue weighted by Gasteiger charge is 2.32. The number of hydrogen-bond acceptors (Lipinski definition) is 6. The summed E-state index contributed by atoms with van der Waals surface area (Å²) >= 11 is 6.32. The third kappa shape index (κ3) is 5.52. The first kappa shape index (κ1) is 27.9. The predicted molar refractivity (Wildman–Crippen MR) is 155 cm³/mol. The van der Waals surface area contributed by atoms with Crippen molar-refractivity contribution in [2.75, 3.05) is 33.3 Å². The van der Waals surface area contributed by atoms with Crippen LogP contribution in [-0.4, -0.2) is 61.1 Å². The third-order valence-corrected chi connectivity index (χ3v) is 9.13. The molecule has 1 N–H and O–H groups in total. The number of rotatable bonds is 9. The Hall–Kier alpha value is -3.60. The minimum atomic E-state index is -4.34. The second-order valence-electron chi connectivity index (χ2n) is 9.74. The van der Waals surface area contributed by atoms with Gasteiger partial charge in [0.25, 0.3) is 10.0 Å². The van der Waals surface area contributed by atoms with Gasteiger partial charge in [0.1, 0.15) is 11.8 Å². The molecule has 1 unspecified atom stereocenters. The van der Waals surface area contributed by atoms with E-state index < -0.39 is 27.7 Å². The van der Waals surface area contributed by atoms with E-state index in [1.54, 1.807) is 24.3 Å². The molecule has 1 atom stereocenters. The van der Waals surface area contributed by atoms with Crippen LogP contribution in [0, 0.1) is 0 Å². The van der Waals surface area contributed by atoms with Crippen molar-refractivity contribution in [1.29, 1.82) is 0 Å². The first-order valence-corrected chi connectivity index (χ1v) is 15.0. The number of piperidine rings is 1. The molecule has 1 aromatic heterocycles. The van der Waals surface area contributed by atoms with Gasteiger partial charge in [-0.3, -0.25) is 9.36 Å². The quantitative estimate of drug-likeness (QED) is 0.321. The van der Waals surface area contributed by atoms with Crippen LogP contribution in [0.3, 0.4) is 0 Å². The Kier molecular flexibility index (Phi) is 8.30. The summed E-state index contributed by atoms with van der Waals surface area (Å²) in [6.45, 7) is 3.08. The number of methoxy groups -OCH3 is 1. The molecule has 1 amide bonds. The van der Waals surface area contributed by atoms with E-state index in [9.17, 15) is 18.0 Å². The highest BCUT2D eigenvalue weighted by molar-refractivity contribution is 7.90. The number of hydrogen-bond donors (Lipinski definition) is 1. The van der Waals surface area contributed by atoms with Gasteiger partial charge in [-0.1, -0.05) is 48.4 Å². The number of nitrogens with zero attached hydrogens (tertiary/aromatic N) is 3. The molecule has 9 nitrogen and oxygen atoms in total. The summed E-state index contributed by atoms with van der Waals surface area (Å²) in [5.74, 6) is 0.0667. The molecule has 0 aliphatic carbocycles. The first-order chi connectivity index (χ1) is 19.3. The van der Waals surface area contributed by atoms with E-state index in [2.05, 4.69) is 10.2 Å². The van der Waals surface area contributed by atoms with Crippen LogP contribution in [-0.2, 0) is 14.8 Å². The van der Waals surface area contributed by atoms with Crippen molar-refractivity contribution < 1.29 is 17.9 Å². The van der Waals surface area contributed by atoms with Crippen molar-refractivity contribution in [1.82, 2.24) is 18.8 Å². The van der Waals surface area contributed by atoms with Crippen LogP contribution in [0.5, 0.6) is 5.75 Å². The van der Waals surface area contributed by atoms with Crippen molar-refractivity contribution in [2.24, 2.45) is 0 Å². The Balaban J connectivity index is 1.61. The molecule has 2 heterocycles. The average molecular weight is 583 g/mol. The van der Waals surface area contributed by atoms with Crippen LogP contribution in [0.4, 0.5) is 0 Å². The van der Waals surface area contributed by atoms with E-state index in [-0.39, 0.29) is 15.9 Å². The number of aromatic nitrogens is 2. The van der Waals surface area contributed by atoms with Crippen molar-refractivity contribution in [3.63, 3.8) is 0 Å². The van der Waals surface area contributed by atoms with Gasteiger partial charge < -0.3 is 15.0 Å². The molecule has 210 valence electrons. The zero-order valence-electron chi connectivity index (χ0n) is 22.1. The first-order valence-electron chi connectivity index (χ1n) is 13.2. The van der Waals surface area contributed by atoms with Crippen molar-refractivity contribution >= 4 is 38.6 Å². The van der Waals surface area contributed by atoms with Gasteiger partial charge in [-0.25, -0.2) is 13.2 Å². The molecule has 4 aromatic rings. The number of carbonyl (C=O) groups excluding carboxylic acids is 1. The smallest absolute Gasteiger partial charge is 0.344 e. The van der Waals surface area contributed by atoms with Crippen LogP contribution < -0.4 is 15.7 Å². The fourth-order valence-electron chi connectivity index (χ4n) is 5.17. The topological polar surface area (TPSA) is 103 Å². The lowest BCUT2D eigenvalue weighted by molar-refractivity contribution is -0.123. The Morgan fingerprint density at radius 1 is 0.975 bits per heavy atom. The number of benzene rings is 3. The maximum absolute atomic E-state index is 14.1. The van der Waals surface area contributed by atoms with Gasteiger partial charge in [0.2, 0.25) is 5.91 Å². The van der Waals surface area contributed by atoms with Gasteiger partial charge in [-0.15, -0.1) is 0 Å². The summed E-state index contributed by atoms with van der Waals surface area (Å²) in [7, 11) is -2.86. The lowest BCUT2D eigenvalue weighted by atomic mass is 10.1. The van der Waals surface area contributed by atoms with E-state index in [4.69, 9.17) is 16.3 Å². The standard InChI is InChI=1S/C29H31ClN4O5S/c1-39-23-11-13-24(14-12-23)40(37,38)34-25-15-10-22(30)20-26(25)33(29(34)36)27(21-8-4-2-5-9-21)28(35)31-16-19-32-17-6-3-7-18-32/h2,4-5,8-15,20,27H,3,6-7,16-19H2,1H3,(H,31,35). The normalized spacial score (nSPS) is 15.2. The van der Waals surface area contributed by atoms with Gasteiger partial charge >= 0.3 is 5.69 Å². The van der Waals surface area contributed by atoms with Crippen LogP contribution in [0.25, 0.3) is 11.0 Å². The van der Waals surface area contributed by atoms with Gasteiger partial charge in [0.15, 0.2) is 0 Å². The third-order valence-electron chi connectivity index (χ3n) is 7.19. The number of ether oxygens (including phenoxy) is 1. The van der Waals surface area contributed by atoms with Gasteiger partial charge in [0.05, 0.1) is 23.0 Å². The molecule has 40 heavy (non-hydrogen) atoms. The molecule has 0 spiro atoms. The fourth-order valence-corrected chi connectivity index (χ4v) is 6.73. The van der Waals surface area contributed by atoms with Gasteiger partial charge in [-0.2, -0.15) is 3.97 Å². The minimum Gasteiger partial charge on any atom is -0.497 e. The summed E-state index contributed by atoms with van der Waals surface area (Å²) in [6, 6.07) is 18.0. The number of fused-ring (bicyclic) bond motifs is 1. The van der Waals surface area contributed by atoms with Gasteiger partial charge in [0, 0.05) is 18.1 Å². The largest absolute Gasteiger partial charge is 0.497 e. The Bertz CT molecular complexity index is 1660. The molecule has 5 rings (SSSR count). The summed E-state index contributed by atoms with van der Waals surface area (Å²) in [5, 5.41) is 3.28. The van der Waals surface area contributed by atoms with Crippen LogP contribution >= 0.6 is 11.6 Å². The maximum atomic E-state index is 14.1. The van der Waals surface area contributed by atoms with Crippen LogP contribution in [0.2, 0.25) is 5.02 Å². The van der Waals surface area contributed by atoms with E-state index >= 15 is 0 Å². The maximum Gasteiger partial charge on any atom is 0.344 e. The summed E-state index contributed by atoms with van der Waals surface area (Å²) < 4.78 is 34.7. The lowest BCUT2D eigenvalue weighted by Gasteiger charge is -2.27. The average Bonchev–Trinajstić information content (AvgIpc) is 3.25. The van der Waals surface area contributed by atoms with E-state index in [1.807, 2.05) is 6.07 Å². The number of imidazole rings is 1. The molecule has 3 aromatic carbocycles. The number of carbonyl (C=O) groups is 1. The molecule has 0 bridgehead atoms. The van der Waals surface area contributed by atoms with Gasteiger partial charge in [-0.05, 0) is 74.0 Å².